The van der Waals surface area contributed by atoms with E-state index in [-0.39, 0.29) is 0 Å². The summed E-state index contributed by atoms with van der Waals surface area (Å²) in [5.41, 5.74) is 4.09. The molecule has 0 spiro atoms. The Balaban J connectivity index is 1.27. The summed E-state index contributed by atoms with van der Waals surface area (Å²) in [4.78, 5) is 4.64. The Bertz CT molecular complexity index is 1180. The molecule has 0 saturated carbocycles. The minimum absolute atomic E-state index is 0.483. The lowest BCUT2D eigenvalue weighted by atomic mass is 10.2. The van der Waals surface area contributed by atoms with Gasteiger partial charge in [-0.05, 0) is 67.8 Å². The first-order valence-corrected chi connectivity index (χ1v) is 11.7. The molecule has 34 heavy (non-hydrogen) atoms. The van der Waals surface area contributed by atoms with E-state index in [1.807, 2.05) is 86.6 Å². The molecule has 0 aliphatic rings. The molecule has 4 aromatic rings. The first kappa shape index (κ1) is 23.4. The second kappa shape index (κ2) is 11.4. The zero-order chi connectivity index (χ0) is 23.8. The third-order valence-electron chi connectivity index (χ3n) is 5.35. The van der Waals surface area contributed by atoms with Gasteiger partial charge in [0, 0.05) is 18.1 Å². The number of aromatic nitrogens is 1. The minimum atomic E-state index is 0.483. The number of hydrogen-bond donors (Lipinski definition) is 0. The Morgan fingerprint density at radius 2 is 1.47 bits per heavy atom. The predicted molar refractivity (Wildman–Crippen MR) is 134 cm³/mol. The van der Waals surface area contributed by atoms with Gasteiger partial charge in [0.1, 0.15) is 29.6 Å². The highest BCUT2D eigenvalue weighted by atomic mass is 16.5. The number of benzene rings is 3. The largest absolute Gasteiger partial charge is 0.493 e. The van der Waals surface area contributed by atoms with Crippen molar-refractivity contribution in [1.29, 1.82) is 0 Å². The van der Waals surface area contributed by atoms with Gasteiger partial charge < -0.3 is 18.6 Å². The number of ether oxygens (including phenoxy) is 3. The van der Waals surface area contributed by atoms with E-state index in [2.05, 4.69) is 11.9 Å². The van der Waals surface area contributed by atoms with Gasteiger partial charge in [-0.25, -0.2) is 4.98 Å². The van der Waals surface area contributed by atoms with Gasteiger partial charge in [0.2, 0.25) is 5.89 Å². The van der Waals surface area contributed by atoms with Gasteiger partial charge in [-0.15, -0.1) is 0 Å². The highest BCUT2D eigenvalue weighted by molar-refractivity contribution is 5.53. The zero-order valence-corrected chi connectivity index (χ0v) is 20.0. The average molecular weight is 458 g/mol. The molecule has 0 fully saturated rings. The van der Waals surface area contributed by atoms with E-state index < -0.39 is 0 Å². The van der Waals surface area contributed by atoms with Crippen LogP contribution in [-0.2, 0) is 13.0 Å². The number of aryl methyl sites for hydroxylation is 2. The molecular formula is C29H31NO4. The molecule has 0 amide bonds. The number of nitrogens with zero attached hydrogens (tertiary/aromatic N) is 1. The van der Waals surface area contributed by atoms with Crippen LogP contribution in [0.2, 0.25) is 0 Å². The van der Waals surface area contributed by atoms with Crippen LogP contribution in [-0.4, -0.2) is 18.2 Å². The van der Waals surface area contributed by atoms with Crippen LogP contribution in [0.25, 0.3) is 11.5 Å². The predicted octanol–water partition coefficient (Wildman–Crippen LogP) is 6.95. The number of hydrogen-bond acceptors (Lipinski definition) is 5. The van der Waals surface area contributed by atoms with Gasteiger partial charge in [0.05, 0.1) is 18.9 Å². The Labute approximate surface area is 201 Å². The lowest BCUT2D eigenvalue weighted by molar-refractivity contribution is 0.294. The molecule has 5 nitrogen and oxygen atoms in total. The van der Waals surface area contributed by atoms with E-state index in [1.54, 1.807) is 0 Å². The summed E-state index contributed by atoms with van der Waals surface area (Å²) in [6, 6.07) is 23.9. The van der Waals surface area contributed by atoms with Gasteiger partial charge in [-0.3, -0.25) is 0 Å². The van der Waals surface area contributed by atoms with Gasteiger partial charge >= 0.3 is 0 Å². The van der Waals surface area contributed by atoms with Crippen LogP contribution in [0.5, 0.6) is 17.2 Å². The Kier molecular flexibility index (Phi) is 7.87. The van der Waals surface area contributed by atoms with Crippen molar-refractivity contribution in [2.24, 2.45) is 0 Å². The fourth-order valence-corrected chi connectivity index (χ4v) is 3.58. The molecule has 0 saturated heterocycles. The standard InChI is InChI=1S/C29H31NO4/c1-4-15-31-26-17-21(2)18-27(19-26)33-20-23-10-12-25(13-11-23)32-16-14-28-22(3)34-29(30-28)24-8-6-5-7-9-24/h5-13,17-19H,4,14-16,20H2,1-3H3. The number of oxazole rings is 1. The third-order valence-corrected chi connectivity index (χ3v) is 5.35. The maximum atomic E-state index is 5.98. The molecule has 0 aliphatic heterocycles. The van der Waals surface area contributed by atoms with Crippen molar-refractivity contribution >= 4 is 0 Å². The Hall–Kier alpha value is -3.73. The lowest BCUT2D eigenvalue weighted by Crippen LogP contribution is -2.03. The summed E-state index contributed by atoms with van der Waals surface area (Å²) in [5.74, 6) is 3.95. The van der Waals surface area contributed by atoms with E-state index in [0.717, 1.165) is 51.8 Å². The molecule has 176 valence electrons. The molecule has 3 aromatic carbocycles. The molecule has 0 unspecified atom stereocenters. The fourth-order valence-electron chi connectivity index (χ4n) is 3.58. The van der Waals surface area contributed by atoms with Crippen molar-refractivity contribution < 1.29 is 18.6 Å². The summed E-state index contributed by atoms with van der Waals surface area (Å²) < 4.78 is 23.5. The van der Waals surface area contributed by atoms with Crippen LogP contribution < -0.4 is 14.2 Å². The fraction of sp³-hybridized carbons (Fsp3) is 0.276. The maximum Gasteiger partial charge on any atom is 0.226 e. The molecule has 1 aromatic heterocycles. The quantitative estimate of drug-likeness (QED) is 0.244. The van der Waals surface area contributed by atoms with E-state index in [4.69, 9.17) is 18.6 Å². The van der Waals surface area contributed by atoms with Crippen LogP contribution in [0.3, 0.4) is 0 Å². The molecule has 0 bridgehead atoms. The number of rotatable bonds is 11. The zero-order valence-electron chi connectivity index (χ0n) is 20.0. The Morgan fingerprint density at radius 1 is 0.765 bits per heavy atom. The van der Waals surface area contributed by atoms with Gasteiger partial charge in [-0.2, -0.15) is 0 Å². The highest BCUT2D eigenvalue weighted by Gasteiger charge is 2.11. The molecule has 1 heterocycles. The Morgan fingerprint density at radius 3 is 2.21 bits per heavy atom. The minimum Gasteiger partial charge on any atom is -0.493 e. The summed E-state index contributed by atoms with van der Waals surface area (Å²) >= 11 is 0. The van der Waals surface area contributed by atoms with Crippen molar-refractivity contribution in [2.45, 2.75) is 40.2 Å². The smallest absolute Gasteiger partial charge is 0.226 e. The monoisotopic (exact) mass is 457 g/mol. The van der Waals surface area contributed by atoms with E-state index in [0.29, 0.717) is 32.1 Å². The SMILES string of the molecule is CCCOc1cc(C)cc(OCc2ccc(OCCc3nc(-c4ccccc4)oc3C)cc2)c1. The second-order valence-electron chi connectivity index (χ2n) is 8.25. The first-order valence-electron chi connectivity index (χ1n) is 11.7. The van der Waals surface area contributed by atoms with E-state index in [9.17, 15) is 0 Å². The van der Waals surface area contributed by atoms with Crippen molar-refractivity contribution in [2.75, 3.05) is 13.2 Å². The van der Waals surface area contributed by atoms with Crippen molar-refractivity contribution in [1.82, 2.24) is 4.98 Å². The van der Waals surface area contributed by atoms with Gasteiger partial charge in [-0.1, -0.05) is 37.3 Å². The van der Waals surface area contributed by atoms with Crippen molar-refractivity contribution in [3.63, 3.8) is 0 Å². The molecule has 0 radical (unpaired) electrons. The second-order valence-corrected chi connectivity index (χ2v) is 8.25. The van der Waals surface area contributed by atoms with Gasteiger partial charge in [0.15, 0.2) is 0 Å². The summed E-state index contributed by atoms with van der Waals surface area (Å²) in [5, 5.41) is 0. The highest BCUT2D eigenvalue weighted by Crippen LogP contribution is 2.25. The van der Waals surface area contributed by atoms with Gasteiger partial charge in [0.25, 0.3) is 0 Å². The average Bonchev–Trinajstić information content (AvgIpc) is 3.23. The molecular weight excluding hydrogens is 426 g/mol. The third kappa shape index (κ3) is 6.41. The van der Waals surface area contributed by atoms with Crippen LogP contribution >= 0.6 is 0 Å². The molecule has 5 heteroatoms. The maximum absolute atomic E-state index is 5.98. The van der Waals surface area contributed by atoms with Crippen LogP contribution in [0.15, 0.2) is 77.2 Å². The van der Waals surface area contributed by atoms with E-state index >= 15 is 0 Å². The van der Waals surface area contributed by atoms with Crippen molar-refractivity contribution in [3.8, 4) is 28.7 Å². The lowest BCUT2D eigenvalue weighted by Gasteiger charge is -2.11. The summed E-state index contributed by atoms with van der Waals surface area (Å²) in [6.45, 7) is 7.79. The molecule has 0 aliphatic carbocycles. The first-order chi connectivity index (χ1) is 16.6. The normalized spacial score (nSPS) is 10.8. The van der Waals surface area contributed by atoms with Crippen LogP contribution in [0, 0.1) is 13.8 Å². The molecule has 0 atom stereocenters. The molecule has 4 rings (SSSR count). The van der Waals surface area contributed by atoms with Crippen LogP contribution in [0.1, 0.15) is 35.9 Å². The summed E-state index contributed by atoms with van der Waals surface area (Å²) in [7, 11) is 0. The van der Waals surface area contributed by atoms with Crippen LogP contribution in [0.4, 0.5) is 0 Å². The van der Waals surface area contributed by atoms with E-state index in [1.165, 1.54) is 0 Å². The topological polar surface area (TPSA) is 53.7 Å². The molecule has 0 N–H and O–H groups in total. The van der Waals surface area contributed by atoms with Crippen molar-refractivity contribution in [3.05, 3.63) is 95.4 Å². The summed E-state index contributed by atoms with van der Waals surface area (Å²) in [6.07, 6.45) is 1.66.